The molecule has 1 aromatic carbocycles. The summed E-state index contributed by atoms with van der Waals surface area (Å²) >= 11 is 0. The molecule has 0 aliphatic carbocycles. The van der Waals surface area contributed by atoms with Crippen LogP contribution in [-0.2, 0) is 9.53 Å². The van der Waals surface area contributed by atoms with Crippen molar-refractivity contribution >= 4 is 16.9 Å². The number of unbranched alkanes of at least 4 members (excludes halogenated alkanes) is 9. The molecule has 0 saturated carbocycles. The molecule has 3 heteroatoms. The van der Waals surface area contributed by atoms with E-state index in [0.29, 0.717) is 12.3 Å². The summed E-state index contributed by atoms with van der Waals surface area (Å²) < 4.78 is 4.73. The van der Waals surface area contributed by atoms with Crippen LogP contribution in [0.25, 0.3) is 10.9 Å². The van der Waals surface area contributed by atoms with Crippen LogP contribution in [0.15, 0.2) is 48.7 Å². The van der Waals surface area contributed by atoms with Gasteiger partial charge >= 0.3 is 5.97 Å². The Hall–Kier alpha value is -2.16. The number of allylic oxidation sites excluding steroid dienone is 2. The van der Waals surface area contributed by atoms with Crippen molar-refractivity contribution < 1.29 is 9.53 Å². The zero-order valence-corrected chi connectivity index (χ0v) is 19.7. The van der Waals surface area contributed by atoms with E-state index in [0.717, 1.165) is 37.6 Å². The molecule has 0 N–H and O–H groups in total. The molecule has 0 aliphatic heterocycles. The second-order valence-corrected chi connectivity index (χ2v) is 8.54. The number of esters is 1. The maximum atomic E-state index is 11.3. The zero-order chi connectivity index (χ0) is 22.2. The van der Waals surface area contributed by atoms with E-state index in [1.54, 1.807) is 0 Å². The first-order chi connectivity index (χ1) is 15.3. The Balaban J connectivity index is 1.91. The van der Waals surface area contributed by atoms with Crippen molar-refractivity contribution in [2.45, 2.75) is 96.3 Å². The van der Waals surface area contributed by atoms with Crippen LogP contribution >= 0.6 is 0 Å². The van der Waals surface area contributed by atoms with Crippen LogP contribution in [-0.4, -0.2) is 18.1 Å². The van der Waals surface area contributed by atoms with Gasteiger partial charge < -0.3 is 4.74 Å². The molecular weight excluding hydrogens is 382 g/mol. The summed E-state index contributed by atoms with van der Waals surface area (Å²) in [4.78, 5) is 16.0. The zero-order valence-electron chi connectivity index (χ0n) is 19.7. The van der Waals surface area contributed by atoms with Gasteiger partial charge in [0.2, 0.25) is 0 Å². The molecule has 2 aromatic rings. The Labute approximate surface area is 189 Å². The maximum absolute atomic E-state index is 11.3. The van der Waals surface area contributed by atoms with Crippen LogP contribution in [0.2, 0.25) is 0 Å². The maximum Gasteiger partial charge on any atom is 0.305 e. The van der Waals surface area contributed by atoms with Crippen LogP contribution in [0.1, 0.15) is 102 Å². The van der Waals surface area contributed by atoms with E-state index in [4.69, 9.17) is 4.74 Å². The van der Waals surface area contributed by atoms with Crippen molar-refractivity contribution in [2.75, 3.05) is 7.11 Å². The highest BCUT2D eigenvalue weighted by molar-refractivity contribution is 5.82. The minimum atomic E-state index is -0.0997. The van der Waals surface area contributed by atoms with Crippen molar-refractivity contribution in [1.82, 2.24) is 4.98 Å². The molecule has 2 rings (SSSR count). The van der Waals surface area contributed by atoms with Crippen molar-refractivity contribution in [3.63, 3.8) is 0 Å². The minimum Gasteiger partial charge on any atom is -0.469 e. The predicted octanol–water partition coefficient (Wildman–Crippen LogP) is 8.14. The number of methoxy groups -OCH3 is 1. The lowest BCUT2D eigenvalue weighted by molar-refractivity contribution is -0.140. The van der Waals surface area contributed by atoms with Crippen LogP contribution < -0.4 is 0 Å². The average Bonchev–Trinajstić information content (AvgIpc) is 2.81. The first kappa shape index (κ1) is 25.1. The molecule has 0 spiro atoms. The summed E-state index contributed by atoms with van der Waals surface area (Å²) in [6.45, 7) is 2.27. The van der Waals surface area contributed by atoms with E-state index in [9.17, 15) is 4.79 Å². The summed E-state index contributed by atoms with van der Waals surface area (Å²) in [6.07, 6.45) is 21.9. The molecule has 1 atom stereocenters. The Bertz CT molecular complexity index is 778. The molecule has 0 aliphatic rings. The smallest absolute Gasteiger partial charge is 0.305 e. The highest BCUT2D eigenvalue weighted by atomic mass is 16.5. The fourth-order valence-corrected chi connectivity index (χ4v) is 4.17. The van der Waals surface area contributed by atoms with Gasteiger partial charge in [0, 0.05) is 23.9 Å². The second kappa shape index (κ2) is 15.6. The number of rotatable bonds is 16. The lowest BCUT2D eigenvalue weighted by Crippen LogP contribution is -2.00. The molecule has 0 amide bonds. The van der Waals surface area contributed by atoms with Crippen molar-refractivity contribution in [2.24, 2.45) is 0 Å². The molecule has 1 aromatic heterocycles. The summed E-state index contributed by atoms with van der Waals surface area (Å²) in [7, 11) is 1.46. The van der Waals surface area contributed by atoms with Gasteiger partial charge in [-0.3, -0.25) is 9.78 Å². The molecule has 0 radical (unpaired) electrons. The lowest BCUT2D eigenvalue weighted by atomic mass is 9.90. The van der Waals surface area contributed by atoms with E-state index in [2.05, 4.69) is 48.3 Å². The number of nitrogens with zero attached hydrogens (tertiary/aromatic N) is 1. The Morgan fingerprint density at radius 1 is 0.968 bits per heavy atom. The Morgan fingerprint density at radius 2 is 1.71 bits per heavy atom. The van der Waals surface area contributed by atoms with Crippen molar-refractivity contribution in [1.29, 1.82) is 0 Å². The fraction of sp³-hybridized carbons (Fsp3) is 0.571. The Kier molecular flexibility index (Phi) is 12.6. The minimum absolute atomic E-state index is 0.0997. The quantitative estimate of drug-likeness (QED) is 0.155. The Morgan fingerprint density at radius 3 is 2.55 bits per heavy atom. The third-order valence-electron chi connectivity index (χ3n) is 6.03. The molecule has 0 saturated heterocycles. The molecule has 1 unspecified atom stereocenters. The molecule has 0 fully saturated rings. The van der Waals surface area contributed by atoms with E-state index in [1.807, 2.05) is 12.3 Å². The van der Waals surface area contributed by atoms with Gasteiger partial charge in [0.15, 0.2) is 0 Å². The standard InChI is InChI=1S/C28H41NO2/c1-3-4-5-6-7-8-9-12-17-24(18-13-10-11-14-22-27(30)31-2)26-21-15-19-25-20-16-23-29-28(25)26/h12,15-17,19-21,23-24H,3-11,13-14,18,22H2,1-2H3/b17-12+. The number of fused-ring (bicyclic) bond motifs is 1. The number of benzene rings is 1. The van der Waals surface area contributed by atoms with Crippen LogP contribution in [0.3, 0.4) is 0 Å². The van der Waals surface area contributed by atoms with Gasteiger partial charge in [0.1, 0.15) is 0 Å². The average molecular weight is 424 g/mol. The normalized spacial score (nSPS) is 12.5. The largest absolute Gasteiger partial charge is 0.469 e. The molecule has 3 nitrogen and oxygen atoms in total. The predicted molar refractivity (Wildman–Crippen MR) is 131 cm³/mol. The first-order valence-electron chi connectivity index (χ1n) is 12.3. The molecule has 1 heterocycles. The molecule has 31 heavy (non-hydrogen) atoms. The van der Waals surface area contributed by atoms with E-state index >= 15 is 0 Å². The van der Waals surface area contributed by atoms with Crippen LogP contribution in [0.4, 0.5) is 0 Å². The summed E-state index contributed by atoms with van der Waals surface area (Å²) in [5.74, 6) is 0.302. The van der Waals surface area contributed by atoms with Gasteiger partial charge in [-0.25, -0.2) is 0 Å². The highest BCUT2D eigenvalue weighted by Crippen LogP contribution is 2.30. The van der Waals surface area contributed by atoms with Crippen molar-refractivity contribution in [3.05, 3.63) is 54.2 Å². The van der Waals surface area contributed by atoms with Gasteiger partial charge in [-0.05, 0) is 37.3 Å². The molecular formula is C28H41NO2. The van der Waals surface area contributed by atoms with E-state index in [-0.39, 0.29) is 5.97 Å². The number of para-hydroxylation sites is 1. The summed E-state index contributed by atoms with van der Waals surface area (Å²) in [6, 6.07) is 10.7. The number of ether oxygens (including phenoxy) is 1. The van der Waals surface area contributed by atoms with E-state index in [1.165, 1.54) is 63.0 Å². The third kappa shape index (κ3) is 9.67. The topological polar surface area (TPSA) is 39.2 Å². The van der Waals surface area contributed by atoms with Crippen LogP contribution in [0, 0.1) is 0 Å². The number of hydrogen-bond donors (Lipinski definition) is 0. The highest BCUT2D eigenvalue weighted by Gasteiger charge is 2.12. The number of carbonyl (C=O) groups excluding carboxylic acids is 1. The van der Waals surface area contributed by atoms with E-state index < -0.39 is 0 Å². The lowest BCUT2D eigenvalue weighted by Gasteiger charge is -2.15. The number of aromatic nitrogens is 1. The molecule has 170 valence electrons. The third-order valence-corrected chi connectivity index (χ3v) is 6.03. The van der Waals surface area contributed by atoms with Gasteiger partial charge in [-0.1, -0.05) is 94.7 Å². The number of carbonyl (C=O) groups is 1. The summed E-state index contributed by atoms with van der Waals surface area (Å²) in [5.41, 5.74) is 2.47. The van der Waals surface area contributed by atoms with Gasteiger partial charge in [-0.2, -0.15) is 0 Å². The van der Waals surface area contributed by atoms with Gasteiger partial charge in [-0.15, -0.1) is 0 Å². The monoisotopic (exact) mass is 423 g/mol. The van der Waals surface area contributed by atoms with Gasteiger partial charge in [0.05, 0.1) is 12.6 Å². The summed E-state index contributed by atoms with van der Waals surface area (Å²) in [5, 5.41) is 1.22. The second-order valence-electron chi connectivity index (χ2n) is 8.54. The first-order valence-corrected chi connectivity index (χ1v) is 12.3. The van der Waals surface area contributed by atoms with Crippen LogP contribution in [0.5, 0.6) is 0 Å². The fourth-order valence-electron chi connectivity index (χ4n) is 4.17. The number of pyridine rings is 1. The SMILES string of the molecule is CCCCCCCC/C=C/C(CCCCCCC(=O)OC)c1cccc2cccnc12. The number of hydrogen-bond acceptors (Lipinski definition) is 3. The van der Waals surface area contributed by atoms with Crippen molar-refractivity contribution in [3.8, 4) is 0 Å². The van der Waals surface area contributed by atoms with Gasteiger partial charge in [0.25, 0.3) is 0 Å². The molecule has 0 bridgehead atoms.